The van der Waals surface area contributed by atoms with Crippen LogP contribution in [0.15, 0.2) is 30.3 Å². The first kappa shape index (κ1) is 10.6. The monoisotopic (exact) mass is 189 g/mol. The van der Waals surface area contributed by atoms with Crippen LogP contribution in [0.1, 0.15) is 19.8 Å². The summed E-state index contributed by atoms with van der Waals surface area (Å²) in [6, 6.07) is 11.9. The van der Waals surface area contributed by atoms with Crippen molar-refractivity contribution in [3.05, 3.63) is 30.3 Å². The van der Waals surface area contributed by atoms with Gasteiger partial charge in [0.25, 0.3) is 0 Å². The van der Waals surface area contributed by atoms with Crippen molar-refractivity contribution in [3.63, 3.8) is 0 Å². The van der Waals surface area contributed by atoms with Gasteiger partial charge in [-0.15, -0.1) is 0 Å². The molecule has 0 spiro atoms. The highest BCUT2D eigenvalue weighted by atomic mass is 16.5. The Morgan fingerprint density at radius 2 is 2.07 bits per heavy atom. The van der Waals surface area contributed by atoms with E-state index in [0.29, 0.717) is 6.61 Å². The van der Waals surface area contributed by atoms with Crippen molar-refractivity contribution in [1.82, 2.24) is 0 Å². The van der Waals surface area contributed by atoms with Crippen LogP contribution in [0.2, 0.25) is 0 Å². The molecule has 0 amide bonds. The van der Waals surface area contributed by atoms with E-state index in [-0.39, 0.29) is 5.92 Å². The van der Waals surface area contributed by atoms with E-state index in [1.165, 1.54) is 0 Å². The van der Waals surface area contributed by atoms with Crippen LogP contribution < -0.4 is 4.74 Å². The van der Waals surface area contributed by atoms with Gasteiger partial charge in [0.2, 0.25) is 0 Å². The molecule has 1 aromatic carbocycles. The summed E-state index contributed by atoms with van der Waals surface area (Å²) >= 11 is 0. The van der Waals surface area contributed by atoms with Crippen molar-refractivity contribution >= 4 is 0 Å². The second kappa shape index (κ2) is 6.04. The normalized spacial score (nSPS) is 11.7. The Kier molecular flexibility index (Phi) is 4.57. The lowest BCUT2D eigenvalue weighted by atomic mass is 10.1. The van der Waals surface area contributed by atoms with E-state index in [4.69, 9.17) is 10.00 Å². The zero-order chi connectivity index (χ0) is 10.2. The standard InChI is InChI=1S/C12H15NO/c1-2-11(10-13)8-9-14-12-6-4-3-5-7-12/h3-7,11H,2,8-9H2,1H3. The minimum absolute atomic E-state index is 0.124. The third-order valence-corrected chi connectivity index (χ3v) is 2.15. The van der Waals surface area contributed by atoms with E-state index in [1.54, 1.807) is 0 Å². The van der Waals surface area contributed by atoms with Crippen molar-refractivity contribution in [2.24, 2.45) is 5.92 Å². The van der Waals surface area contributed by atoms with Crippen LogP contribution in [-0.4, -0.2) is 6.61 Å². The smallest absolute Gasteiger partial charge is 0.119 e. The highest BCUT2D eigenvalue weighted by Crippen LogP contribution is 2.11. The van der Waals surface area contributed by atoms with E-state index in [9.17, 15) is 0 Å². The summed E-state index contributed by atoms with van der Waals surface area (Å²) in [6.45, 7) is 2.65. The summed E-state index contributed by atoms with van der Waals surface area (Å²) < 4.78 is 5.49. The molecule has 74 valence electrons. The summed E-state index contributed by atoms with van der Waals surface area (Å²) in [7, 11) is 0. The Labute approximate surface area is 85.1 Å². The number of para-hydroxylation sites is 1. The molecule has 0 radical (unpaired) electrons. The van der Waals surface area contributed by atoms with Crippen molar-refractivity contribution in [3.8, 4) is 11.8 Å². The van der Waals surface area contributed by atoms with Crippen LogP contribution in [0.25, 0.3) is 0 Å². The molecule has 0 fully saturated rings. The molecule has 0 bridgehead atoms. The summed E-state index contributed by atoms with van der Waals surface area (Å²) in [4.78, 5) is 0. The molecule has 2 heteroatoms. The maximum atomic E-state index is 8.72. The van der Waals surface area contributed by atoms with E-state index < -0.39 is 0 Å². The second-order valence-electron chi connectivity index (χ2n) is 3.18. The van der Waals surface area contributed by atoms with Crippen LogP contribution in [0, 0.1) is 17.2 Å². The molecule has 14 heavy (non-hydrogen) atoms. The van der Waals surface area contributed by atoms with Gasteiger partial charge >= 0.3 is 0 Å². The molecule has 0 N–H and O–H groups in total. The van der Waals surface area contributed by atoms with Gasteiger partial charge < -0.3 is 4.74 Å². The number of rotatable bonds is 5. The van der Waals surface area contributed by atoms with Crippen molar-refractivity contribution in [2.45, 2.75) is 19.8 Å². The van der Waals surface area contributed by atoms with Gasteiger partial charge in [-0.05, 0) is 25.0 Å². The van der Waals surface area contributed by atoms with Crippen LogP contribution in [0.5, 0.6) is 5.75 Å². The van der Waals surface area contributed by atoms with E-state index in [0.717, 1.165) is 18.6 Å². The number of benzene rings is 1. The molecule has 2 nitrogen and oxygen atoms in total. The highest BCUT2D eigenvalue weighted by Gasteiger charge is 2.03. The van der Waals surface area contributed by atoms with Gasteiger partial charge in [-0.3, -0.25) is 0 Å². The van der Waals surface area contributed by atoms with Gasteiger partial charge in [0.05, 0.1) is 12.7 Å². The van der Waals surface area contributed by atoms with Gasteiger partial charge in [-0.1, -0.05) is 25.1 Å². The summed E-state index contributed by atoms with van der Waals surface area (Å²) in [5.74, 6) is 0.999. The first-order valence-electron chi connectivity index (χ1n) is 4.94. The van der Waals surface area contributed by atoms with E-state index >= 15 is 0 Å². The topological polar surface area (TPSA) is 33.0 Å². The summed E-state index contributed by atoms with van der Waals surface area (Å²) in [6.07, 6.45) is 1.70. The van der Waals surface area contributed by atoms with Gasteiger partial charge in [-0.2, -0.15) is 5.26 Å². The predicted molar refractivity (Wildman–Crippen MR) is 55.9 cm³/mol. The van der Waals surface area contributed by atoms with E-state index in [2.05, 4.69) is 6.07 Å². The van der Waals surface area contributed by atoms with Crippen molar-refractivity contribution in [1.29, 1.82) is 5.26 Å². The maximum Gasteiger partial charge on any atom is 0.119 e. The van der Waals surface area contributed by atoms with E-state index in [1.807, 2.05) is 37.3 Å². The highest BCUT2D eigenvalue weighted by molar-refractivity contribution is 5.20. The molecule has 1 unspecified atom stereocenters. The summed E-state index contributed by atoms with van der Waals surface area (Å²) in [5.41, 5.74) is 0. The Bertz CT molecular complexity index is 289. The fraction of sp³-hybridized carbons (Fsp3) is 0.417. The maximum absolute atomic E-state index is 8.72. The summed E-state index contributed by atoms with van der Waals surface area (Å²) in [5, 5.41) is 8.72. The lowest BCUT2D eigenvalue weighted by Crippen LogP contribution is -2.04. The second-order valence-corrected chi connectivity index (χ2v) is 3.18. The SMILES string of the molecule is CCC(C#N)CCOc1ccccc1. The van der Waals surface area contributed by atoms with Gasteiger partial charge in [-0.25, -0.2) is 0 Å². The van der Waals surface area contributed by atoms with Crippen LogP contribution in [0.4, 0.5) is 0 Å². The zero-order valence-corrected chi connectivity index (χ0v) is 8.44. The first-order valence-corrected chi connectivity index (χ1v) is 4.94. The largest absolute Gasteiger partial charge is 0.494 e. The molecule has 1 rings (SSSR count). The molecule has 0 saturated carbocycles. The van der Waals surface area contributed by atoms with Gasteiger partial charge in [0.1, 0.15) is 5.75 Å². The molecule has 0 aliphatic heterocycles. The molecule has 0 saturated heterocycles. The van der Waals surface area contributed by atoms with Gasteiger partial charge in [0, 0.05) is 5.92 Å². The lowest BCUT2D eigenvalue weighted by Gasteiger charge is -2.07. The molecule has 0 aliphatic rings. The Balaban J connectivity index is 2.26. The number of nitrogens with zero attached hydrogens (tertiary/aromatic N) is 1. The molecule has 1 aromatic rings. The van der Waals surface area contributed by atoms with Crippen molar-refractivity contribution < 1.29 is 4.74 Å². The minimum Gasteiger partial charge on any atom is -0.494 e. The zero-order valence-electron chi connectivity index (χ0n) is 8.44. The van der Waals surface area contributed by atoms with Crippen molar-refractivity contribution in [2.75, 3.05) is 6.61 Å². The Hall–Kier alpha value is -1.49. The first-order chi connectivity index (χ1) is 6.86. The average molecular weight is 189 g/mol. The van der Waals surface area contributed by atoms with Gasteiger partial charge in [0.15, 0.2) is 0 Å². The Morgan fingerprint density at radius 3 is 2.64 bits per heavy atom. The molecule has 0 heterocycles. The van der Waals surface area contributed by atoms with Crippen LogP contribution in [-0.2, 0) is 0 Å². The average Bonchev–Trinajstić information content (AvgIpc) is 2.26. The third-order valence-electron chi connectivity index (χ3n) is 2.15. The number of hydrogen-bond donors (Lipinski definition) is 0. The molecular weight excluding hydrogens is 174 g/mol. The fourth-order valence-corrected chi connectivity index (χ4v) is 1.20. The third kappa shape index (κ3) is 3.49. The molecule has 0 aliphatic carbocycles. The molecular formula is C12H15NO. The van der Waals surface area contributed by atoms with Crippen LogP contribution >= 0.6 is 0 Å². The fourth-order valence-electron chi connectivity index (χ4n) is 1.20. The number of nitriles is 1. The number of ether oxygens (including phenoxy) is 1. The predicted octanol–water partition coefficient (Wildman–Crippen LogP) is 3.01. The van der Waals surface area contributed by atoms with Crippen LogP contribution in [0.3, 0.4) is 0 Å². The molecule has 1 atom stereocenters. The lowest BCUT2D eigenvalue weighted by molar-refractivity contribution is 0.291. The molecule has 0 aromatic heterocycles. The number of hydrogen-bond acceptors (Lipinski definition) is 2. The Morgan fingerprint density at radius 1 is 1.36 bits per heavy atom. The minimum atomic E-state index is 0.124. The quantitative estimate of drug-likeness (QED) is 0.713.